The minimum atomic E-state index is -0.150. The average molecular weight is 349 g/mol. The highest BCUT2D eigenvalue weighted by atomic mass is 16.5. The lowest BCUT2D eigenvalue weighted by Crippen LogP contribution is -2.49. The minimum Gasteiger partial charge on any atom is -0.485 e. The molecule has 0 bridgehead atoms. The molecule has 3 aromatic rings. The molecular weight excluding hydrogens is 326 g/mol. The molecule has 2 aliphatic heterocycles. The molecule has 1 spiro atoms. The second-order valence-corrected chi connectivity index (χ2v) is 7.44. The van der Waals surface area contributed by atoms with Crippen LogP contribution in [0.2, 0.25) is 0 Å². The Morgan fingerprint density at radius 3 is 2.92 bits per heavy atom. The summed E-state index contributed by atoms with van der Waals surface area (Å²) in [5, 5.41) is 8.35. The predicted molar refractivity (Wildman–Crippen MR) is 100 cm³/mol. The average Bonchev–Trinajstić information content (AvgIpc) is 3.06. The summed E-state index contributed by atoms with van der Waals surface area (Å²) in [6.07, 6.45) is 3.75. The van der Waals surface area contributed by atoms with Gasteiger partial charge in [-0.2, -0.15) is 5.10 Å². The number of nitrogens with zero attached hydrogens (tertiary/aromatic N) is 2. The lowest BCUT2D eigenvalue weighted by molar-refractivity contribution is -0.0593. The van der Waals surface area contributed by atoms with E-state index < -0.39 is 0 Å². The summed E-state index contributed by atoms with van der Waals surface area (Å²) < 4.78 is 12.2. The molecule has 0 saturated carbocycles. The fourth-order valence-electron chi connectivity index (χ4n) is 4.16. The Kier molecular flexibility index (Phi) is 3.91. The van der Waals surface area contributed by atoms with Crippen LogP contribution in [-0.2, 0) is 17.8 Å². The first kappa shape index (κ1) is 15.9. The van der Waals surface area contributed by atoms with Crippen LogP contribution in [0.5, 0.6) is 5.75 Å². The summed E-state index contributed by atoms with van der Waals surface area (Å²) in [4.78, 5) is 2.51. The van der Waals surface area contributed by atoms with Gasteiger partial charge >= 0.3 is 0 Å². The monoisotopic (exact) mass is 349 g/mol. The van der Waals surface area contributed by atoms with Gasteiger partial charge < -0.3 is 9.47 Å². The Labute approximate surface area is 152 Å². The van der Waals surface area contributed by atoms with Gasteiger partial charge in [0.1, 0.15) is 11.4 Å². The Balaban J connectivity index is 1.46. The molecule has 134 valence electrons. The molecule has 1 N–H and O–H groups in total. The number of aromatic nitrogens is 2. The van der Waals surface area contributed by atoms with E-state index in [1.165, 1.54) is 11.1 Å². The molecule has 1 aromatic heterocycles. The van der Waals surface area contributed by atoms with E-state index in [2.05, 4.69) is 57.6 Å². The van der Waals surface area contributed by atoms with Crippen molar-refractivity contribution in [1.82, 2.24) is 15.1 Å². The van der Waals surface area contributed by atoms with Gasteiger partial charge in [-0.15, -0.1) is 0 Å². The molecule has 1 fully saturated rings. The molecule has 26 heavy (non-hydrogen) atoms. The van der Waals surface area contributed by atoms with Crippen molar-refractivity contribution in [3.63, 3.8) is 0 Å². The van der Waals surface area contributed by atoms with Gasteiger partial charge in [-0.25, -0.2) is 0 Å². The van der Waals surface area contributed by atoms with Gasteiger partial charge in [-0.05, 0) is 17.7 Å². The molecule has 0 radical (unpaired) electrons. The van der Waals surface area contributed by atoms with Crippen LogP contribution in [0.25, 0.3) is 10.9 Å². The number of para-hydroxylation sites is 1. The lowest BCUT2D eigenvalue weighted by Gasteiger charge is -2.39. The highest BCUT2D eigenvalue weighted by Gasteiger charge is 2.39. The smallest absolute Gasteiger partial charge is 0.126 e. The summed E-state index contributed by atoms with van der Waals surface area (Å²) in [6, 6.07) is 15.0. The molecule has 0 amide bonds. The Hall–Kier alpha value is -2.37. The number of hydrogen-bond donors (Lipinski definition) is 1. The maximum absolute atomic E-state index is 6.57. The van der Waals surface area contributed by atoms with E-state index in [1.807, 2.05) is 6.20 Å². The third kappa shape index (κ3) is 2.97. The number of aromatic amines is 1. The van der Waals surface area contributed by atoms with E-state index in [9.17, 15) is 0 Å². The van der Waals surface area contributed by atoms with Gasteiger partial charge in [0, 0.05) is 43.4 Å². The highest BCUT2D eigenvalue weighted by Crippen LogP contribution is 2.35. The maximum Gasteiger partial charge on any atom is 0.126 e. The van der Waals surface area contributed by atoms with Crippen LogP contribution in [0.3, 0.4) is 0 Å². The zero-order valence-corrected chi connectivity index (χ0v) is 14.8. The first-order valence-corrected chi connectivity index (χ1v) is 9.29. The van der Waals surface area contributed by atoms with Crippen LogP contribution in [0.1, 0.15) is 24.0 Å². The molecule has 1 saturated heterocycles. The fraction of sp³-hybridized carbons (Fsp3) is 0.381. The van der Waals surface area contributed by atoms with Crippen LogP contribution in [-0.4, -0.2) is 40.5 Å². The van der Waals surface area contributed by atoms with Crippen LogP contribution in [0, 0.1) is 0 Å². The fourth-order valence-corrected chi connectivity index (χ4v) is 4.16. The maximum atomic E-state index is 6.57. The molecular formula is C21H23N3O2. The number of H-pyrrole nitrogens is 1. The van der Waals surface area contributed by atoms with Crippen LogP contribution >= 0.6 is 0 Å². The molecule has 0 unspecified atom stereocenters. The van der Waals surface area contributed by atoms with E-state index >= 15 is 0 Å². The number of nitrogens with one attached hydrogen (secondary N) is 1. The zero-order valence-electron chi connectivity index (χ0n) is 14.8. The Morgan fingerprint density at radius 1 is 1.12 bits per heavy atom. The Bertz CT molecular complexity index is 914. The largest absolute Gasteiger partial charge is 0.485 e. The van der Waals surface area contributed by atoms with E-state index in [-0.39, 0.29) is 5.60 Å². The highest BCUT2D eigenvalue weighted by molar-refractivity contribution is 5.78. The van der Waals surface area contributed by atoms with E-state index in [4.69, 9.17) is 9.47 Å². The minimum absolute atomic E-state index is 0.150. The number of benzene rings is 2. The summed E-state index contributed by atoms with van der Waals surface area (Å²) in [5.41, 5.74) is 3.50. The van der Waals surface area contributed by atoms with Crippen molar-refractivity contribution in [2.75, 3.05) is 19.8 Å². The van der Waals surface area contributed by atoms with Gasteiger partial charge in [0.2, 0.25) is 0 Å². The molecule has 3 heterocycles. The quantitative estimate of drug-likeness (QED) is 0.769. The second kappa shape index (κ2) is 6.41. The van der Waals surface area contributed by atoms with Gasteiger partial charge in [0.25, 0.3) is 0 Å². The van der Waals surface area contributed by atoms with Crippen molar-refractivity contribution in [2.45, 2.75) is 31.5 Å². The van der Waals surface area contributed by atoms with Crippen LogP contribution in [0.15, 0.2) is 48.7 Å². The third-order valence-electron chi connectivity index (χ3n) is 5.52. The molecule has 0 atom stereocenters. The van der Waals surface area contributed by atoms with Crippen LogP contribution in [0.4, 0.5) is 0 Å². The summed E-state index contributed by atoms with van der Waals surface area (Å²) in [6.45, 7) is 4.27. The van der Waals surface area contributed by atoms with Gasteiger partial charge in [-0.3, -0.25) is 10.00 Å². The van der Waals surface area contributed by atoms with Crippen molar-refractivity contribution in [3.05, 3.63) is 59.8 Å². The Morgan fingerprint density at radius 2 is 2.00 bits per heavy atom. The van der Waals surface area contributed by atoms with Gasteiger partial charge in [0.15, 0.2) is 0 Å². The molecule has 5 rings (SSSR count). The first-order valence-electron chi connectivity index (χ1n) is 9.29. The predicted octanol–water partition coefficient (Wildman–Crippen LogP) is 3.51. The van der Waals surface area contributed by atoms with E-state index in [0.717, 1.165) is 62.3 Å². The van der Waals surface area contributed by atoms with Crippen molar-refractivity contribution in [1.29, 1.82) is 0 Å². The van der Waals surface area contributed by atoms with Crippen molar-refractivity contribution in [3.8, 4) is 5.75 Å². The zero-order chi connectivity index (χ0) is 17.4. The van der Waals surface area contributed by atoms with Crippen molar-refractivity contribution < 1.29 is 9.47 Å². The molecule has 2 aliphatic rings. The van der Waals surface area contributed by atoms with Gasteiger partial charge in [-0.1, -0.05) is 30.3 Å². The molecule has 0 aliphatic carbocycles. The number of hydrogen-bond acceptors (Lipinski definition) is 4. The number of rotatable bonds is 2. The summed E-state index contributed by atoms with van der Waals surface area (Å²) in [7, 11) is 0. The molecule has 5 nitrogen and oxygen atoms in total. The van der Waals surface area contributed by atoms with Gasteiger partial charge in [0.05, 0.1) is 24.9 Å². The number of ether oxygens (including phenoxy) is 2. The SMILES string of the molecule is c1ccc2c(c1)CN(Cc1ccc3cn[nH]c3c1)CC1(CCOCC1)O2. The van der Waals surface area contributed by atoms with Crippen molar-refractivity contribution in [2.24, 2.45) is 0 Å². The van der Waals surface area contributed by atoms with E-state index in [0.29, 0.717) is 0 Å². The molecule has 2 aromatic carbocycles. The normalized spacial score (nSPS) is 19.8. The second-order valence-electron chi connectivity index (χ2n) is 7.44. The lowest BCUT2D eigenvalue weighted by atomic mass is 9.93. The van der Waals surface area contributed by atoms with E-state index in [1.54, 1.807) is 0 Å². The topological polar surface area (TPSA) is 50.4 Å². The number of fused-ring (bicyclic) bond motifs is 2. The van der Waals surface area contributed by atoms with Crippen molar-refractivity contribution >= 4 is 10.9 Å². The van der Waals surface area contributed by atoms with Crippen LogP contribution < -0.4 is 4.74 Å². The molecule has 5 heteroatoms. The summed E-state index contributed by atoms with van der Waals surface area (Å²) in [5.74, 6) is 1.03. The third-order valence-corrected chi connectivity index (χ3v) is 5.52. The first-order chi connectivity index (χ1) is 12.8. The standard InChI is InChI=1S/C21H23N3O2/c1-2-4-20-18(3-1)14-24(15-21(26-20)7-9-25-10-8-21)13-16-5-6-17-12-22-23-19(17)11-16/h1-6,11-12H,7-10,13-15H2,(H,22,23). The summed E-state index contributed by atoms with van der Waals surface area (Å²) >= 11 is 0.